The van der Waals surface area contributed by atoms with Gasteiger partial charge in [0.05, 0.1) is 30.1 Å². The highest BCUT2D eigenvalue weighted by molar-refractivity contribution is 5.77. The summed E-state index contributed by atoms with van der Waals surface area (Å²) >= 11 is 0. The summed E-state index contributed by atoms with van der Waals surface area (Å²) in [4.78, 5) is 20.3. The number of nitrogens with zero attached hydrogens (tertiary/aromatic N) is 3. The van der Waals surface area contributed by atoms with Gasteiger partial charge in [0, 0.05) is 19.8 Å². The number of aliphatic hydroxyl groups is 1. The van der Waals surface area contributed by atoms with Crippen molar-refractivity contribution in [3.8, 4) is 0 Å². The zero-order valence-corrected chi connectivity index (χ0v) is 15.1. The van der Waals surface area contributed by atoms with Gasteiger partial charge < -0.3 is 9.84 Å². The Hall–Kier alpha value is -1.76. The fourth-order valence-corrected chi connectivity index (χ4v) is 4.35. The molecule has 3 heterocycles. The van der Waals surface area contributed by atoms with Crippen LogP contribution in [0, 0.1) is 5.92 Å². The third-order valence-electron chi connectivity index (χ3n) is 5.71. The minimum Gasteiger partial charge on any atom is -0.395 e. The van der Waals surface area contributed by atoms with Crippen LogP contribution in [0.5, 0.6) is 0 Å². The maximum atomic E-state index is 13.0. The molecular weight excluding hydrogens is 330 g/mol. The largest absolute Gasteiger partial charge is 0.395 e. The SMILES string of the molecule is O=c1c2ccccc2nc(C2CCCN2CC2CCOCC2)n1CCO. The van der Waals surface area contributed by atoms with Crippen molar-refractivity contribution in [1.82, 2.24) is 14.5 Å². The Balaban J connectivity index is 1.69. The summed E-state index contributed by atoms with van der Waals surface area (Å²) < 4.78 is 7.18. The number of likely N-dealkylation sites (tertiary alicyclic amines) is 1. The lowest BCUT2D eigenvalue weighted by atomic mass is 9.99. The minimum atomic E-state index is -0.0559. The molecule has 2 aliphatic heterocycles. The van der Waals surface area contributed by atoms with Gasteiger partial charge in [-0.1, -0.05) is 12.1 Å². The van der Waals surface area contributed by atoms with E-state index < -0.39 is 0 Å². The first-order chi connectivity index (χ1) is 12.8. The first-order valence-electron chi connectivity index (χ1n) is 9.70. The molecule has 2 saturated heterocycles. The van der Waals surface area contributed by atoms with Crippen LogP contribution in [0.2, 0.25) is 0 Å². The van der Waals surface area contributed by atoms with Crippen LogP contribution in [0.25, 0.3) is 10.9 Å². The second-order valence-corrected chi connectivity index (χ2v) is 7.38. The lowest BCUT2D eigenvalue weighted by Crippen LogP contribution is -2.36. The van der Waals surface area contributed by atoms with Crippen LogP contribution >= 0.6 is 0 Å². The molecule has 1 N–H and O–H groups in total. The summed E-state index contributed by atoms with van der Waals surface area (Å²) in [5.41, 5.74) is 0.706. The van der Waals surface area contributed by atoms with Gasteiger partial charge in [-0.15, -0.1) is 0 Å². The van der Waals surface area contributed by atoms with E-state index in [1.54, 1.807) is 4.57 Å². The van der Waals surface area contributed by atoms with Gasteiger partial charge in [-0.25, -0.2) is 4.98 Å². The molecule has 0 aliphatic carbocycles. The Morgan fingerprint density at radius 2 is 2.00 bits per heavy atom. The molecule has 0 saturated carbocycles. The van der Waals surface area contributed by atoms with Gasteiger partial charge in [0.15, 0.2) is 0 Å². The lowest BCUT2D eigenvalue weighted by molar-refractivity contribution is 0.0498. The number of hydrogen-bond donors (Lipinski definition) is 1. The summed E-state index contributed by atoms with van der Waals surface area (Å²) in [7, 11) is 0. The zero-order chi connectivity index (χ0) is 17.9. The topological polar surface area (TPSA) is 67.6 Å². The van der Waals surface area contributed by atoms with E-state index in [9.17, 15) is 9.90 Å². The van der Waals surface area contributed by atoms with E-state index in [-0.39, 0.29) is 18.2 Å². The van der Waals surface area contributed by atoms with E-state index in [0.29, 0.717) is 17.8 Å². The second-order valence-electron chi connectivity index (χ2n) is 7.38. The Bertz CT molecular complexity index is 814. The molecule has 2 aromatic rings. The summed E-state index contributed by atoms with van der Waals surface area (Å²) in [6, 6.07) is 7.66. The molecule has 0 spiro atoms. The number of benzene rings is 1. The molecule has 0 bridgehead atoms. The van der Waals surface area contributed by atoms with Gasteiger partial charge in [-0.05, 0) is 50.3 Å². The smallest absolute Gasteiger partial charge is 0.261 e. The average Bonchev–Trinajstić information content (AvgIpc) is 3.13. The van der Waals surface area contributed by atoms with E-state index in [1.807, 2.05) is 24.3 Å². The van der Waals surface area contributed by atoms with Gasteiger partial charge in [0.1, 0.15) is 5.82 Å². The first-order valence-corrected chi connectivity index (χ1v) is 9.70. The Morgan fingerprint density at radius 1 is 1.19 bits per heavy atom. The Kier molecular flexibility index (Phi) is 5.33. The van der Waals surface area contributed by atoms with Crippen LogP contribution in [0.15, 0.2) is 29.1 Å². The quantitative estimate of drug-likeness (QED) is 0.886. The zero-order valence-electron chi connectivity index (χ0n) is 15.1. The van der Waals surface area contributed by atoms with Gasteiger partial charge in [0.25, 0.3) is 5.56 Å². The second kappa shape index (κ2) is 7.86. The molecule has 26 heavy (non-hydrogen) atoms. The molecule has 6 nitrogen and oxygen atoms in total. The first kappa shape index (κ1) is 17.6. The standard InChI is InChI=1S/C20H27N3O3/c24-11-10-23-19(21-17-5-2-1-4-16(17)20(23)25)18-6-3-9-22(18)14-15-7-12-26-13-8-15/h1-2,4-5,15,18,24H,3,6-14H2. The van der Waals surface area contributed by atoms with Crippen LogP contribution in [0.1, 0.15) is 37.5 Å². The molecule has 2 aliphatic rings. The third-order valence-corrected chi connectivity index (χ3v) is 5.71. The number of para-hydroxylation sites is 1. The fourth-order valence-electron chi connectivity index (χ4n) is 4.35. The molecule has 1 unspecified atom stereocenters. The van der Waals surface area contributed by atoms with E-state index >= 15 is 0 Å². The van der Waals surface area contributed by atoms with Crippen molar-refractivity contribution in [2.45, 2.75) is 38.3 Å². The monoisotopic (exact) mass is 357 g/mol. The average molecular weight is 357 g/mol. The highest BCUT2D eigenvalue weighted by atomic mass is 16.5. The molecule has 4 rings (SSSR count). The number of fused-ring (bicyclic) bond motifs is 1. The van der Waals surface area contributed by atoms with Gasteiger partial charge >= 0.3 is 0 Å². The van der Waals surface area contributed by atoms with Crippen LogP contribution in [0.3, 0.4) is 0 Å². The molecule has 6 heteroatoms. The van der Waals surface area contributed by atoms with Crippen molar-refractivity contribution < 1.29 is 9.84 Å². The maximum absolute atomic E-state index is 13.0. The maximum Gasteiger partial charge on any atom is 0.261 e. The number of hydrogen-bond acceptors (Lipinski definition) is 5. The lowest BCUT2D eigenvalue weighted by Gasteiger charge is -2.31. The van der Waals surface area contributed by atoms with Gasteiger partial charge in [0.2, 0.25) is 0 Å². The highest BCUT2D eigenvalue weighted by Gasteiger charge is 2.32. The minimum absolute atomic E-state index is 0.0439. The van der Waals surface area contributed by atoms with Crippen LogP contribution < -0.4 is 5.56 Å². The van der Waals surface area contributed by atoms with Crippen molar-refractivity contribution in [3.63, 3.8) is 0 Å². The van der Waals surface area contributed by atoms with Crippen molar-refractivity contribution in [2.24, 2.45) is 5.92 Å². The number of ether oxygens (including phenoxy) is 1. The van der Waals surface area contributed by atoms with E-state index in [4.69, 9.17) is 9.72 Å². The van der Waals surface area contributed by atoms with Crippen LogP contribution in [0.4, 0.5) is 0 Å². The summed E-state index contributed by atoms with van der Waals surface area (Å²) in [5.74, 6) is 1.47. The number of aliphatic hydroxyl groups excluding tert-OH is 1. The molecule has 1 aromatic carbocycles. The van der Waals surface area contributed by atoms with Gasteiger partial charge in [-0.2, -0.15) is 0 Å². The highest BCUT2D eigenvalue weighted by Crippen LogP contribution is 2.33. The fraction of sp³-hybridized carbons (Fsp3) is 0.600. The van der Waals surface area contributed by atoms with E-state index in [0.717, 1.165) is 63.3 Å². The third kappa shape index (κ3) is 3.41. The van der Waals surface area contributed by atoms with Crippen molar-refractivity contribution >= 4 is 10.9 Å². The molecule has 140 valence electrons. The summed E-state index contributed by atoms with van der Waals surface area (Å²) in [6.07, 6.45) is 4.35. The normalized spacial score (nSPS) is 22.3. The molecular formula is C20H27N3O3. The summed E-state index contributed by atoms with van der Waals surface area (Å²) in [5, 5.41) is 10.1. The number of rotatable bonds is 5. The van der Waals surface area contributed by atoms with Gasteiger partial charge in [-0.3, -0.25) is 14.3 Å². The predicted octanol–water partition coefficient (Wildman–Crippen LogP) is 1.95. The molecule has 2 fully saturated rings. The Labute approximate surface area is 153 Å². The molecule has 0 radical (unpaired) electrons. The van der Waals surface area contributed by atoms with Crippen LogP contribution in [-0.2, 0) is 11.3 Å². The van der Waals surface area contributed by atoms with Crippen molar-refractivity contribution in [1.29, 1.82) is 0 Å². The van der Waals surface area contributed by atoms with Crippen molar-refractivity contribution in [2.75, 3.05) is 32.9 Å². The molecule has 0 amide bonds. The molecule has 1 aromatic heterocycles. The predicted molar refractivity (Wildman–Crippen MR) is 100 cm³/mol. The number of aromatic nitrogens is 2. The van der Waals surface area contributed by atoms with E-state index in [2.05, 4.69) is 4.90 Å². The summed E-state index contributed by atoms with van der Waals surface area (Å²) in [6.45, 7) is 4.03. The van der Waals surface area contributed by atoms with E-state index in [1.165, 1.54) is 0 Å². The molecule has 1 atom stereocenters. The van der Waals surface area contributed by atoms with Crippen LogP contribution in [-0.4, -0.2) is 52.5 Å². The Morgan fingerprint density at radius 3 is 2.81 bits per heavy atom. The van der Waals surface area contributed by atoms with Crippen molar-refractivity contribution in [3.05, 3.63) is 40.4 Å².